The van der Waals surface area contributed by atoms with Crippen LogP contribution in [0.5, 0.6) is 11.6 Å². The fourth-order valence-corrected chi connectivity index (χ4v) is 4.55. The summed E-state index contributed by atoms with van der Waals surface area (Å²) in [7, 11) is 1.55. The minimum atomic E-state index is -0.751. The summed E-state index contributed by atoms with van der Waals surface area (Å²) in [6, 6.07) is 7.03. The van der Waals surface area contributed by atoms with Crippen LogP contribution in [0.25, 0.3) is 0 Å². The van der Waals surface area contributed by atoms with Gasteiger partial charge in [-0.2, -0.15) is 4.98 Å². The number of hydrogen-bond acceptors (Lipinski definition) is 10. The average Bonchev–Trinajstić information content (AvgIpc) is 3.00. The van der Waals surface area contributed by atoms with Crippen LogP contribution in [0.1, 0.15) is 30.5 Å². The van der Waals surface area contributed by atoms with Crippen LogP contribution in [0.3, 0.4) is 0 Å². The SMILES string of the molecule is C=CC(=O)Cc1cc(O[C@@H](C)C(=O)N2CCN(C(C)=O)CC2)ccc1Nc1nc(Nc2cc(OC)ncc2C)ncc1C. The standard InChI is InChI=1S/C31H37N7O5/c1-7-24(40)14-23-15-25(43-21(4)30(41)38-12-10-37(11-13-38)22(5)39)8-9-26(23)34-29-20(3)18-33-31(36-29)35-27-16-28(42-6)32-17-19(27)2/h7-9,15-18,21H,1,10-14H2,2-6H3,(H2,32,33,34,35,36)/t21-/m0/s1. The maximum atomic E-state index is 13.0. The summed E-state index contributed by atoms with van der Waals surface area (Å²) >= 11 is 0. The number of carbonyl (C=O) groups excluding carboxylic acids is 3. The van der Waals surface area contributed by atoms with E-state index in [9.17, 15) is 14.4 Å². The molecular weight excluding hydrogens is 550 g/mol. The number of ether oxygens (including phenoxy) is 2. The minimum Gasteiger partial charge on any atom is -0.481 e. The van der Waals surface area contributed by atoms with E-state index >= 15 is 0 Å². The number of allylic oxidation sites excluding steroid dienone is 1. The molecule has 226 valence electrons. The highest BCUT2D eigenvalue weighted by molar-refractivity contribution is 5.92. The van der Waals surface area contributed by atoms with Gasteiger partial charge in [-0.05, 0) is 56.2 Å². The van der Waals surface area contributed by atoms with E-state index < -0.39 is 6.10 Å². The van der Waals surface area contributed by atoms with Gasteiger partial charge >= 0.3 is 0 Å². The van der Waals surface area contributed by atoms with E-state index in [1.54, 1.807) is 60.5 Å². The van der Waals surface area contributed by atoms with Crippen LogP contribution in [0, 0.1) is 13.8 Å². The van der Waals surface area contributed by atoms with Crippen LogP contribution in [-0.4, -0.2) is 81.7 Å². The number of nitrogens with one attached hydrogen (secondary N) is 2. The van der Waals surface area contributed by atoms with Crippen molar-refractivity contribution < 1.29 is 23.9 Å². The average molecular weight is 588 g/mol. The van der Waals surface area contributed by atoms with Crippen LogP contribution in [-0.2, 0) is 20.8 Å². The van der Waals surface area contributed by atoms with Crippen molar-refractivity contribution in [1.29, 1.82) is 0 Å². The van der Waals surface area contributed by atoms with Crippen molar-refractivity contribution in [2.75, 3.05) is 43.9 Å². The van der Waals surface area contributed by atoms with Crippen molar-refractivity contribution in [3.63, 3.8) is 0 Å². The number of amides is 2. The molecule has 0 spiro atoms. The van der Waals surface area contributed by atoms with E-state index in [0.717, 1.165) is 16.8 Å². The summed E-state index contributed by atoms with van der Waals surface area (Å²) in [4.78, 5) is 53.7. The molecule has 2 aromatic heterocycles. The lowest BCUT2D eigenvalue weighted by Gasteiger charge is -2.35. The van der Waals surface area contributed by atoms with Gasteiger partial charge in [0.25, 0.3) is 5.91 Å². The summed E-state index contributed by atoms with van der Waals surface area (Å²) in [5.74, 6) is 1.49. The van der Waals surface area contributed by atoms with Gasteiger partial charge in [-0.15, -0.1) is 0 Å². The number of aromatic nitrogens is 3. The van der Waals surface area contributed by atoms with Crippen LogP contribution in [0.2, 0.25) is 0 Å². The summed E-state index contributed by atoms with van der Waals surface area (Å²) < 4.78 is 11.2. The number of carbonyl (C=O) groups is 3. The van der Waals surface area contributed by atoms with Gasteiger partial charge in [-0.25, -0.2) is 9.97 Å². The van der Waals surface area contributed by atoms with Crippen LogP contribution >= 0.6 is 0 Å². The maximum absolute atomic E-state index is 13.0. The first-order chi connectivity index (χ1) is 20.6. The maximum Gasteiger partial charge on any atom is 0.263 e. The van der Waals surface area contributed by atoms with Crippen molar-refractivity contribution in [2.24, 2.45) is 0 Å². The van der Waals surface area contributed by atoms with Crippen LogP contribution < -0.4 is 20.1 Å². The molecule has 12 nitrogen and oxygen atoms in total. The van der Waals surface area contributed by atoms with E-state index in [1.165, 1.54) is 13.0 Å². The van der Waals surface area contributed by atoms with Gasteiger partial charge < -0.3 is 29.9 Å². The number of hydrogen-bond donors (Lipinski definition) is 2. The zero-order valence-corrected chi connectivity index (χ0v) is 25.1. The molecule has 0 aliphatic carbocycles. The second-order valence-corrected chi connectivity index (χ2v) is 10.3. The molecule has 0 unspecified atom stereocenters. The Bertz CT molecular complexity index is 1520. The van der Waals surface area contributed by atoms with Crippen molar-refractivity contribution >= 4 is 40.7 Å². The quantitative estimate of drug-likeness (QED) is 0.319. The predicted octanol–water partition coefficient (Wildman–Crippen LogP) is 3.74. The third-order valence-corrected chi connectivity index (χ3v) is 7.12. The molecule has 3 heterocycles. The number of aryl methyl sites for hydroxylation is 2. The van der Waals surface area contributed by atoms with E-state index in [1.807, 2.05) is 13.8 Å². The Morgan fingerprint density at radius 1 is 1.00 bits per heavy atom. The molecule has 1 atom stereocenters. The molecule has 1 saturated heterocycles. The number of anilines is 4. The second kappa shape index (κ2) is 13.8. The fourth-order valence-electron chi connectivity index (χ4n) is 4.55. The molecular formula is C31H37N7O5. The first kappa shape index (κ1) is 30.9. The number of ketones is 1. The Labute approximate surface area is 251 Å². The molecule has 2 amide bonds. The number of methoxy groups -OCH3 is 1. The lowest BCUT2D eigenvalue weighted by molar-refractivity contribution is -0.143. The van der Waals surface area contributed by atoms with Gasteiger partial charge in [0.05, 0.1) is 12.8 Å². The highest BCUT2D eigenvalue weighted by atomic mass is 16.5. The normalized spacial score (nSPS) is 13.6. The van der Waals surface area contributed by atoms with Gasteiger partial charge in [-0.1, -0.05) is 6.58 Å². The first-order valence-electron chi connectivity index (χ1n) is 14.0. The van der Waals surface area contributed by atoms with Gasteiger partial charge in [0.2, 0.25) is 17.7 Å². The van der Waals surface area contributed by atoms with Crippen LogP contribution in [0.15, 0.2) is 49.3 Å². The Balaban J connectivity index is 1.52. The van der Waals surface area contributed by atoms with Gasteiger partial charge in [0, 0.05) is 69.2 Å². The molecule has 43 heavy (non-hydrogen) atoms. The lowest BCUT2D eigenvalue weighted by Crippen LogP contribution is -2.52. The highest BCUT2D eigenvalue weighted by Gasteiger charge is 2.27. The largest absolute Gasteiger partial charge is 0.481 e. The zero-order chi connectivity index (χ0) is 31.1. The molecule has 3 aromatic rings. The molecule has 1 aliphatic rings. The predicted molar refractivity (Wildman–Crippen MR) is 163 cm³/mol. The summed E-state index contributed by atoms with van der Waals surface area (Å²) in [5.41, 5.74) is 3.74. The van der Waals surface area contributed by atoms with Gasteiger partial charge in [0.15, 0.2) is 11.9 Å². The molecule has 0 radical (unpaired) electrons. The summed E-state index contributed by atoms with van der Waals surface area (Å²) in [5, 5.41) is 6.53. The Morgan fingerprint density at radius 2 is 1.70 bits per heavy atom. The number of pyridine rings is 1. The van der Waals surface area contributed by atoms with Crippen molar-refractivity contribution in [2.45, 2.75) is 40.2 Å². The molecule has 2 N–H and O–H groups in total. The molecule has 0 bridgehead atoms. The van der Waals surface area contributed by atoms with Gasteiger partial charge in [-0.3, -0.25) is 14.4 Å². The molecule has 0 saturated carbocycles. The number of rotatable bonds is 11. The second-order valence-electron chi connectivity index (χ2n) is 10.3. The molecule has 1 aromatic carbocycles. The van der Waals surface area contributed by atoms with Crippen molar-refractivity contribution in [3.8, 4) is 11.6 Å². The highest BCUT2D eigenvalue weighted by Crippen LogP contribution is 2.29. The van der Waals surface area contributed by atoms with E-state index in [-0.39, 0.29) is 24.0 Å². The van der Waals surface area contributed by atoms with E-state index in [0.29, 0.717) is 60.8 Å². The third kappa shape index (κ3) is 7.85. The molecule has 12 heteroatoms. The fraction of sp³-hybridized carbons (Fsp3) is 0.355. The zero-order valence-electron chi connectivity index (χ0n) is 25.1. The molecule has 1 aliphatic heterocycles. The van der Waals surface area contributed by atoms with E-state index in [4.69, 9.17) is 9.47 Å². The monoisotopic (exact) mass is 587 g/mol. The Hall–Kier alpha value is -5.00. The first-order valence-corrected chi connectivity index (χ1v) is 14.0. The van der Waals surface area contributed by atoms with E-state index in [2.05, 4.69) is 32.2 Å². The third-order valence-electron chi connectivity index (χ3n) is 7.12. The topological polar surface area (TPSA) is 139 Å². The smallest absolute Gasteiger partial charge is 0.263 e. The van der Waals surface area contributed by atoms with Crippen molar-refractivity contribution in [1.82, 2.24) is 24.8 Å². The lowest BCUT2D eigenvalue weighted by atomic mass is 10.1. The van der Waals surface area contributed by atoms with Gasteiger partial charge in [0.1, 0.15) is 11.6 Å². The molecule has 4 rings (SSSR count). The summed E-state index contributed by atoms with van der Waals surface area (Å²) in [6.45, 7) is 12.5. The van der Waals surface area contributed by atoms with Crippen LogP contribution in [0.4, 0.5) is 23.1 Å². The molecule has 1 fully saturated rings. The summed E-state index contributed by atoms with van der Waals surface area (Å²) in [6.07, 6.45) is 3.99. The Kier molecular flexibility index (Phi) is 9.91. The minimum absolute atomic E-state index is 0.000790. The number of benzene rings is 1. The Morgan fingerprint density at radius 3 is 2.37 bits per heavy atom. The van der Waals surface area contributed by atoms with Crippen molar-refractivity contribution in [3.05, 3.63) is 66.0 Å². The number of piperazine rings is 1. The number of nitrogens with zero attached hydrogens (tertiary/aromatic N) is 5.